The first kappa shape index (κ1) is 24.9. The number of phenolic OH excluding ortho intramolecular Hbond substituents is 2. The average Bonchev–Trinajstić information content (AvgIpc) is 2.69. The Hall–Kier alpha value is -1.18. The number of rotatable bonds is 18. The lowest BCUT2D eigenvalue weighted by molar-refractivity contribution is 0.444. The van der Waals surface area contributed by atoms with E-state index in [0.717, 1.165) is 36.8 Å². The standard InChI is InChI=1S/C26H46O2/c1-3-5-7-9-11-13-15-17-19-23-21-25(27)22-24(26(23)28)20-18-16-14-12-10-8-6-4-2/h21-22,27-28H,3-20H2,1-2H3. The quantitative estimate of drug-likeness (QED) is 0.195. The average molecular weight is 391 g/mol. The van der Waals surface area contributed by atoms with Crippen LogP contribution in [0.2, 0.25) is 0 Å². The van der Waals surface area contributed by atoms with Crippen LogP contribution < -0.4 is 0 Å². The number of aryl methyl sites for hydroxylation is 2. The molecule has 0 unspecified atom stereocenters. The summed E-state index contributed by atoms with van der Waals surface area (Å²) in [5.74, 6) is 0.741. The maximum atomic E-state index is 10.6. The van der Waals surface area contributed by atoms with E-state index in [1.165, 1.54) is 89.9 Å². The van der Waals surface area contributed by atoms with E-state index < -0.39 is 0 Å². The summed E-state index contributed by atoms with van der Waals surface area (Å²) in [7, 11) is 0. The van der Waals surface area contributed by atoms with Crippen molar-refractivity contribution in [3.8, 4) is 11.5 Å². The first-order valence-electron chi connectivity index (χ1n) is 12.2. The van der Waals surface area contributed by atoms with Gasteiger partial charge < -0.3 is 10.2 Å². The Kier molecular flexibility index (Phi) is 14.9. The largest absolute Gasteiger partial charge is 0.508 e. The SMILES string of the molecule is CCCCCCCCCCc1cc(O)cc(CCCCCCCCCC)c1O. The zero-order chi connectivity index (χ0) is 20.5. The number of unbranched alkanes of at least 4 members (excludes halogenated alkanes) is 14. The fourth-order valence-corrected chi connectivity index (χ4v) is 4.02. The van der Waals surface area contributed by atoms with Crippen molar-refractivity contribution in [3.63, 3.8) is 0 Å². The van der Waals surface area contributed by atoms with Gasteiger partial charge in [-0.05, 0) is 48.9 Å². The van der Waals surface area contributed by atoms with Crippen LogP contribution in [-0.4, -0.2) is 10.2 Å². The molecule has 0 amide bonds. The van der Waals surface area contributed by atoms with Crippen molar-refractivity contribution < 1.29 is 10.2 Å². The van der Waals surface area contributed by atoms with Crippen LogP contribution in [0.4, 0.5) is 0 Å². The van der Waals surface area contributed by atoms with Gasteiger partial charge in [-0.2, -0.15) is 0 Å². The second-order valence-electron chi connectivity index (χ2n) is 8.56. The zero-order valence-corrected chi connectivity index (χ0v) is 18.8. The van der Waals surface area contributed by atoms with Gasteiger partial charge in [-0.25, -0.2) is 0 Å². The Labute approximate surface area is 174 Å². The van der Waals surface area contributed by atoms with Crippen molar-refractivity contribution in [1.29, 1.82) is 0 Å². The molecule has 1 aromatic carbocycles. The van der Waals surface area contributed by atoms with E-state index in [0.29, 0.717) is 11.5 Å². The molecule has 0 aliphatic rings. The van der Waals surface area contributed by atoms with Crippen LogP contribution in [0.1, 0.15) is 128 Å². The van der Waals surface area contributed by atoms with E-state index in [9.17, 15) is 10.2 Å². The highest BCUT2D eigenvalue weighted by Crippen LogP contribution is 2.30. The van der Waals surface area contributed by atoms with Crippen LogP contribution in [0, 0.1) is 0 Å². The van der Waals surface area contributed by atoms with E-state index >= 15 is 0 Å². The first-order valence-corrected chi connectivity index (χ1v) is 12.2. The number of hydrogen-bond acceptors (Lipinski definition) is 2. The fourth-order valence-electron chi connectivity index (χ4n) is 4.02. The molecule has 28 heavy (non-hydrogen) atoms. The summed E-state index contributed by atoms with van der Waals surface area (Å²) in [6.45, 7) is 4.51. The second-order valence-corrected chi connectivity index (χ2v) is 8.56. The Morgan fingerprint density at radius 3 is 1.18 bits per heavy atom. The predicted octanol–water partition coefficient (Wildman–Crippen LogP) is 8.46. The Morgan fingerprint density at radius 1 is 0.500 bits per heavy atom. The summed E-state index contributed by atoms with van der Waals surface area (Å²) in [4.78, 5) is 0. The van der Waals surface area contributed by atoms with Gasteiger partial charge in [0.1, 0.15) is 11.5 Å². The van der Waals surface area contributed by atoms with Crippen LogP contribution in [-0.2, 0) is 12.8 Å². The van der Waals surface area contributed by atoms with Crippen molar-refractivity contribution >= 4 is 0 Å². The molecule has 0 atom stereocenters. The molecular weight excluding hydrogens is 344 g/mol. The van der Waals surface area contributed by atoms with Gasteiger partial charge in [-0.1, -0.05) is 104 Å². The van der Waals surface area contributed by atoms with E-state index in [-0.39, 0.29) is 0 Å². The molecule has 1 aromatic rings. The molecule has 2 heteroatoms. The molecule has 0 fully saturated rings. The lowest BCUT2D eigenvalue weighted by Crippen LogP contribution is -1.94. The third-order valence-electron chi connectivity index (χ3n) is 5.85. The van der Waals surface area contributed by atoms with Gasteiger partial charge in [0.05, 0.1) is 0 Å². The summed E-state index contributed by atoms with van der Waals surface area (Å²) in [5, 5.41) is 20.7. The minimum absolute atomic E-state index is 0.307. The number of aromatic hydroxyl groups is 2. The second kappa shape index (κ2) is 16.7. The molecule has 1 rings (SSSR count). The molecule has 0 saturated heterocycles. The molecule has 0 aromatic heterocycles. The Bertz CT molecular complexity index is 454. The summed E-state index contributed by atoms with van der Waals surface area (Å²) in [6.07, 6.45) is 22.4. The molecule has 0 bridgehead atoms. The van der Waals surface area contributed by atoms with Gasteiger partial charge in [-0.3, -0.25) is 0 Å². The highest BCUT2D eigenvalue weighted by Gasteiger charge is 2.10. The normalized spacial score (nSPS) is 11.2. The first-order chi connectivity index (χ1) is 13.7. The monoisotopic (exact) mass is 390 g/mol. The van der Waals surface area contributed by atoms with Gasteiger partial charge in [0.15, 0.2) is 0 Å². The number of phenols is 2. The van der Waals surface area contributed by atoms with Crippen molar-refractivity contribution in [3.05, 3.63) is 23.3 Å². The van der Waals surface area contributed by atoms with Gasteiger partial charge in [0.25, 0.3) is 0 Å². The minimum Gasteiger partial charge on any atom is -0.508 e. The van der Waals surface area contributed by atoms with Gasteiger partial charge in [0.2, 0.25) is 0 Å². The highest BCUT2D eigenvalue weighted by atomic mass is 16.3. The molecule has 0 radical (unpaired) electrons. The Morgan fingerprint density at radius 2 is 0.821 bits per heavy atom. The van der Waals surface area contributed by atoms with E-state index in [4.69, 9.17) is 0 Å². The molecule has 0 heterocycles. The lowest BCUT2D eigenvalue weighted by Gasteiger charge is -2.11. The molecule has 2 N–H and O–H groups in total. The number of hydrogen-bond donors (Lipinski definition) is 2. The van der Waals surface area contributed by atoms with Crippen LogP contribution in [0.25, 0.3) is 0 Å². The van der Waals surface area contributed by atoms with Crippen molar-refractivity contribution in [2.75, 3.05) is 0 Å². The molecule has 162 valence electrons. The molecule has 0 spiro atoms. The van der Waals surface area contributed by atoms with E-state index in [1.54, 1.807) is 12.1 Å². The maximum Gasteiger partial charge on any atom is 0.122 e. The van der Waals surface area contributed by atoms with Crippen LogP contribution in [0.15, 0.2) is 12.1 Å². The van der Waals surface area contributed by atoms with Crippen LogP contribution >= 0.6 is 0 Å². The summed E-state index contributed by atoms with van der Waals surface area (Å²) < 4.78 is 0. The fraction of sp³-hybridized carbons (Fsp3) is 0.769. The number of benzene rings is 1. The molecule has 2 nitrogen and oxygen atoms in total. The highest BCUT2D eigenvalue weighted by molar-refractivity contribution is 5.46. The van der Waals surface area contributed by atoms with Crippen molar-refractivity contribution in [2.45, 2.75) is 129 Å². The van der Waals surface area contributed by atoms with Crippen molar-refractivity contribution in [1.82, 2.24) is 0 Å². The molecule has 0 saturated carbocycles. The lowest BCUT2D eigenvalue weighted by atomic mass is 9.98. The maximum absolute atomic E-state index is 10.6. The van der Waals surface area contributed by atoms with Crippen LogP contribution in [0.3, 0.4) is 0 Å². The van der Waals surface area contributed by atoms with Gasteiger partial charge in [-0.15, -0.1) is 0 Å². The van der Waals surface area contributed by atoms with E-state index in [1.807, 2.05) is 0 Å². The third kappa shape index (κ3) is 11.6. The third-order valence-corrected chi connectivity index (χ3v) is 5.85. The molecule has 0 aliphatic heterocycles. The van der Waals surface area contributed by atoms with Gasteiger partial charge in [0, 0.05) is 0 Å². The summed E-state index contributed by atoms with van der Waals surface area (Å²) >= 11 is 0. The van der Waals surface area contributed by atoms with E-state index in [2.05, 4.69) is 13.8 Å². The van der Waals surface area contributed by atoms with Crippen LogP contribution in [0.5, 0.6) is 11.5 Å². The minimum atomic E-state index is 0.307. The molecule has 0 aliphatic carbocycles. The summed E-state index contributed by atoms with van der Waals surface area (Å²) in [5.41, 5.74) is 1.86. The topological polar surface area (TPSA) is 40.5 Å². The zero-order valence-electron chi connectivity index (χ0n) is 18.8. The smallest absolute Gasteiger partial charge is 0.122 e. The predicted molar refractivity (Wildman–Crippen MR) is 122 cm³/mol. The molecular formula is C26H46O2. The summed E-state index contributed by atoms with van der Waals surface area (Å²) in [6, 6.07) is 3.52. The van der Waals surface area contributed by atoms with Gasteiger partial charge >= 0.3 is 0 Å². The Balaban J connectivity index is 2.26. The van der Waals surface area contributed by atoms with Crippen molar-refractivity contribution in [2.24, 2.45) is 0 Å².